The number of rotatable bonds is 14. The Morgan fingerprint density at radius 3 is 1.77 bits per heavy atom. The molecule has 0 saturated carbocycles. The number of carboxylic acid groups (broad SMARTS) is 1. The first-order valence-corrected chi connectivity index (χ1v) is 8.57. The van der Waals surface area contributed by atoms with Crippen molar-refractivity contribution in [2.75, 3.05) is 0 Å². The summed E-state index contributed by atoms with van der Waals surface area (Å²) in [5, 5.41) is 10.2. The summed E-state index contributed by atoms with van der Waals surface area (Å²) in [7, 11) is 0. The molecule has 0 unspecified atom stereocenters. The fraction of sp³-hybridized carbons (Fsp3) is 0.550. The molecule has 124 valence electrons. The third-order valence-corrected chi connectivity index (χ3v) is 3.22. The molecule has 0 N–H and O–H groups in total. The average Bonchev–Trinajstić information content (AvgIpc) is 2.50. The molecule has 0 aliphatic rings. The fourth-order valence-corrected chi connectivity index (χ4v) is 1.98. The van der Waals surface area contributed by atoms with Gasteiger partial charge in [-0.1, -0.05) is 68.4 Å². The predicted molar refractivity (Wildman–Crippen MR) is 93.4 cm³/mol. The summed E-state index contributed by atoms with van der Waals surface area (Å²) in [6, 6.07) is 0. The molecule has 0 spiro atoms. The molecule has 0 aromatic carbocycles. The van der Waals surface area contributed by atoms with Gasteiger partial charge in [0.2, 0.25) is 0 Å². The van der Waals surface area contributed by atoms with Crippen LogP contribution in [0.4, 0.5) is 0 Å². The predicted octanol–water partition coefficient (Wildman–Crippen LogP) is 4.88. The maximum absolute atomic E-state index is 10.2. The summed E-state index contributed by atoms with van der Waals surface area (Å²) < 4.78 is 0. The molecule has 0 heterocycles. The van der Waals surface area contributed by atoms with Crippen LogP contribution < -0.4 is 5.11 Å². The van der Waals surface area contributed by atoms with E-state index >= 15 is 0 Å². The Morgan fingerprint density at radius 1 is 0.727 bits per heavy atom. The van der Waals surface area contributed by atoms with Crippen LogP contribution in [0.25, 0.3) is 0 Å². The molecule has 0 radical (unpaired) electrons. The summed E-state index contributed by atoms with van der Waals surface area (Å²) in [6.07, 6.45) is 27.0. The van der Waals surface area contributed by atoms with Gasteiger partial charge in [-0.25, -0.2) is 0 Å². The molecule has 2 nitrogen and oxygen atoms in total. The molecule has 22 heavy (non-hydrogen) atoms. The van der Waals surface area contributed by atoms with Crippen molar-refractivity contribution in [3.05, 3.63) is 48.6 Å². The van der Waals surface area contributed by atoms with Gasteiger partial charge in [0, 0.05) is 5.97 Å². The minimum atomic E-state index is -0.932. The van der Waals surface area contributed by atoms with Crippen LogP contribution in [-0.4, -0.2) is 5.97 Å². The van der Waals surface area contributed by atoms with Crippen molar-refractivity contribution in [1.82, 2.24) is 0 Å². The van der Waals surface area contributed by atoms with E-state index in [1.165, 1.54) is 0 Å². The van der Waals surface area contributed by atoms with E-state index in [1.54, 1.807) is 0 Å². The Hall–Kier alpha value is -1.57. The van der Waals surface area contributed by atoms with Gasteiger partial charge in [-0.15, -0.1) is 0 Å². The van der Waals surface area contributed by atoms with Crippen molar-refractivity contribution in [3.8, 4) is 0 Å². The number of allylic oxidation sites excluding steroid dienone is 8. The highest BCUT2D eigenvalue weighted by atomic mass is 16.4. The van der Waals surface area contributed by atoms with E-state index in [-0.39, 0.29) is 6.42 Å². The first-order chi connectivity index (χ1) is 10.8. The summed E-state index contributed by atoms with van der Waals surface area (Å²) in [5.74, 6) is -0.932. The van der Waals surface area contributed by atoms with E-state index in [1.807, 2.05) is 0 Å². The highest BCUT2D eigenvalue weighted by Gasteiger charge is 1.89. The molecule has 0 atom stereocenters. The van der Waals surface area contributed by atoms with Gasteiger partial charge < -0.3 is 9.90 Å². The molecule has 0 aromatic rings. The van der Waals surface area contributed by atoms with Crippen LogP contribution in [0.15, 0.2) is 48.6 Å². The van der Waals surface area contributed by atoms with Gasteiger partial charge in [0.25, 0.3) is 0 Å². The molecule has 0 aromatic heterocycles. The SMILES string of the molecule is CC/C=C/C/C=C/C/C=C/C/C=C/CCCCCCC(=O)[O-]. The van der Waals surface area contributed by atoms with Gasteiger partial charge in [0.15, 0.2) is 0 Å². The Labute approximate surface area is 136 Å². The molecule has 0 saturated heterocycles. The summed E-state index contributed by atoms with van der Waals surface area (Å²) in [4.78, 5) is 10.2. The second kappa shape index (κ2) is 17.5. The smallest absolute Gasteiger partial charge is 0.0414 e. The first-order valence-electron chi connectivity index (χ1n) is 8.57. The largest absolute Gasteiger partial charge is 0.550 e. The lowest BCUT2D eigenvalue weighted by Gasteiger charge is -2.00. The second-order valence-electron chi connectivity index (χ2n) is 5.33. The van der Waals surface area contributed by atoms with Crippen LogP contribution in [0.2, 0.25) is 0 Å². The van der Waals surface area contributed by atoms with E-state index in [4.69, 9.17) is 0 Å². The van der Waals surface area contributed by atoms with Gasteiger partial charge in [0.05, 0.1) is 0 Å². The molecule has 0 amide bonds. The quantitative estimate of drug-likeness (QED) is 0.339. The summed E-state index contributed by atoms with van der Waals surface area (Å²) in [6.45, 7) is 2.15. The lowest BCUT2D eigenvalue weighted by atomic mass is 10.1. The number of hydrogen-bond acceptors (Lipinski definition) is 2. The highest BCUT2D eigenvalue weighted by Crippen LogP contribution is 2.05. The summed E-state index contributed by atoms with van der Waals surface area (Å²) >= 11 is 0. The average molecular weight is 303 g/mol. The highest BCUT2D eigenvalue weighted by molar-refractivity contribution is 5.63. The first kappa shape index (κ1) is 20.4. The van der Waals surface area contributed by atoms with Crippen LogP contribution in [0.5, 0.6) is 0 Å². The standard InChI is InChI=1S/C20H32O2/c1-2-3-4-5-6-7-8-9-10-11-12-13-14-15-16-17-18-19-20(21)22/h3-4,6-7,9-10,12-13H,2,5,8,11,14-19H2,1H3,(H,21,22)/p-1/b4-3+,7-6+,10-9+,13-12+. The number of carboxylic acids is 1. The van der Waals surface area contributed by atoms with E-state index in [9.17, 15) is 9.90 Å². The Morgan fingerprint density at radius 2 is 1.23 bits per heavy atom. The molecule has 0 fully saturated rings. The lowest BCUT2D eigenvalue weighted by Crippen LogP contribution is -2.21. The molecule has 0 aliphatic heterocycles. The maximum Gasteiger partial charge on any atom is 0.0414 e. The minimum Gasteiger partial charge on any atom is -0.550 e. The van der Waals surface area contributed by atoms with E-state index < -0.39 is 5.97 Å². The van der Waals surface area contributed by atoms with Gasteiger partial charge >= 0.3 is 0 Å². The molecule has 0 bridgehead atoms. The lowest BCUT2D eigenvalue weighted by molar-refractivity contribution is -0.305. The molecule has 2 heteroatoms. The van der Waals surface area contributed by atoms with Gasteiger partial charge in [-0.2, -0.15) is 0 Å². The number of carbonyl (C=O) groups excluding carboxylic acids is 1. The third-order valence-electron chi connectivity index (χ3n) is 3.22. The number of unbranched alkanes of at least 4 members (excludes halogenated alkanes) is 4. The third kappa shape index (κ3) is 18.4. The van der Waals surface area contributed by atoms with Gasteiger partial charge in [-0.3, -0.25) is 0 Å². The number of carbonyl (C=O) groups is 1. The van der Waals surface area contributed by atoms with Crippen molar-refractivity contribution in [3.63, 3.8) is 0 Å². The zero-order valence-electron chi connectivity index (χ0n) is 14.0. The zero-order valence-corrected chi connectivity index (χ0v) is 14.0. The van der Waals surface area contributed by atoms with Gasteiger partial charge in [-0.05, 0) is 51.4 Å². The topological polar surface area (TPSA) is 40.1 Å². The van der Waals surface area contributed by atoms with E-state index in [0.29, 0.717) is 0 Å². The molecular weight excluding hydrogens is 272 g/mol. The Kier molecular flexibility index (Phi) is 16.2. The molecular formula is C20H31O2-. The van der Waals surface area contributed by atoms with Crippen molar-refractivity contribution >= 4 is 5.97 Å². The minimum absolute atomic E-state index is 0.198. The number of aliphatic carboxylic acids is 1. The van der Waals surface area contributed by atoms with Crippen molar-refractivity contribution in [2.24, 2.45) is 0 Å². The number of hydrogen-bond donors (Lipinski definition) is 0. The molecule has 0 rings (SSSR count). The van der Waals surface area contributed by atoms with Crippen LogP contribution in [-0.2, 0) is 4.79 Å². The van der Waals surface area contributed by atoms with Crippen LogP contribution >= 0.6 is 0 Å². The van der Waals surface area contributed by atoms with Crippen molar-refractivity contribution < 1.29 is 9.90 Å². The molecule has 0 aliphatic carbocycles. The van der Waals surface area contributed by atoms with Crippen molar-refractivity contribution in [1.29, 1.82) is 0 Å². The van der Waals surface area contributed by atoms with E-state index in [0.717, 1.165) is 57.8 Å². The van der Waals surface area contributed by atoms with Gasteiger partial charge in [0.1, 0.15) is 0 Å². The summed E-state index contributed by atoms with van der Waals surface area (Å²) in [5.41, 5.74) is 0. The fourth-order valence-electron chi connectivity index (χ4n) is 1.98. The zero-order chi connectivity index (χ0) is 16.3. The van der Waals surface area contributed by atoms with E-state index in [2.05, 4.69) is 55.5 Å². The monoisotopic (exact) mass is 303 g/mol. The van der Waals surface area contributed by atoms with Crippen LogP contribution in [0.1, 0.15) is 71.1 Å². The maximum atomic E-state index is 10.2. The Bertz CT molecular complexity index is 362. The Balaban J connectivity index is 3.34. The van der Waals surface area contributed by atoms with Crippen LogP contribution in [0, 0.1) is 0 Å². The normalized spacial score (nSPS) is 12.4. The second-order valence-corrected chi connectivity index (χ2v) is 5.33. The van der Waals surface area contributed by atoms with Crippen molar-refractivity contribution in [2.45, 2.75) is 71.1 Å². The van der Waals surface area contributed by atoms with Crippen LogP contribution in [0.3, 0.4) is 0 Å².